The topological polar surface area (TPSA) is 72.4 Å². The molecule has 0 fully saturated rings. The maximum absolute atomic E-state index is 12.0. The van der Waals surface area contributed by atoms with Gasteiger partial charge in [-0.2, -0.15) is 0 Å². The number of amides is 1. The van der Waals surface area contributed by atoms with Gasteiger partial charge in [0.1, 0.15) is 12.2 Å². The Bertz CT molecular complexity index is 420. The van der Waals surface area contributed by atoms with Crippen LogP contribution < -0.4 is 0 Å². The predicted octanol–water partition coefficient (Wildman–Crippen LogP) is 0.668. The third-order valence-corrected chi connectivity index (χ3v) is 2.04. The van der Waals surface area contributed by atoms with E-state index in [0.717, 1.165) is 0 Å². The number of carbonyl (C=O) groups excluding carboxylic acids is 2. The second-order valence-corrected chi connectivity index (χ2v) is 3.37. The van der Waals surface area contributed by atoms with Crippen LogP contribution >= 0.6 is 0 Å². The number of ether oxygens (including phenoxy) is 1. The van der Waals surface area contributed by atoms with Gasteiger partial charge in [-0.15, -0.1) is 6.58 Å². The van der Waals surface area contributed by atoms with Gasteiger partial charge in [0, 0.05) is 18.9 Å². The molecule has 1 rings (SSSR count). The third kappa shape index (κ3) is 3.97. The highest BCUT2D eigenvalue weighted by molar-refractivity contribution is 5.94. The zero-order valence-electron chi connectivity index (χ0n) is 10.2. The first-order valence-corrected chi connectivity index (χ1v) is 5.50. The van der Waals surface area contributed by atoms with Crippen LogP contribution in [-0.2, 0) is 9.53 Å². The lowest BCUT2D eigenvalue weighted by Gasteiger charge is -2.19. The van der Waals surface area contributed by atoms with Crippen molar-refractivity contribution >= 4 is 11.9 Å². The fraction of sp³-hybridized carbons (Fsp3) is 0.333. The van der Waals surface area contributed by atoms with Crippen molar-refractivity contribution in [2.75, 3.05) is 19.7 Å². The highest BCUT2D eigenvalue weighted by Crippen LogP contribution is 2.01. The first-order valence-electron chi connectivity index (χ1n) is 5.50. The Kier molecular flexibility index (Phi) is 5.50. The molecule has 0 aliphatic carbocycles. The number of esters is 1. The average Bonchev–Trinajstić information content (AvgIpc) is 2.39. The first-order chi connectivity index (χ1) is 8.69. The van der Waals surface area contributed by atoms with Crippen LogP contribution in [0.1, 0.15) is 17.4 Å². The van der Waals surface area contributed by atoms with Crippen LogP contribution in [0.2, 0.25) is 0 Å². The van der Waals surface area contributed by atoms with Crippen molar-refractivity contribution in [3.63, 3.8) is 0 Å². The Hall–Kier alpha value is -2.24. The largest absolute Gasteiger partial charge is 0.465 e. The summed E-state index contributed by atoms with van der Waals surface area (Å²) in [4.78, 5) is 32.4. The summed E-state index contributed by atoms with van der Waals surface area (Å²) in [6.45, 7) is 5.65. The van der Waals surface area contributed by atoms with Crippen molar-refractivity contribution < 1.29 is 14.3 Å². The van der Waals surface area contributed by atoms with E-state index in [1.807, 2.05) is 0 Å². The van der Waals surface area contributed by atoms with Crippen LogP contribution in [-0.4, -0.2) is 46.4 Å². The number of nitrogens with zero attached hydrogens (tertiary/aromatic N) is 3. The van der Waals surface area contributed by atoms with Gasteiger partial charge in [0.2, 0.25) is 0 Å². The molecular formula is C12H15N3O3. The highest BCUT2D eigenvalue weighted by Gasteiger charge is 2.19. The zero-order chi connectivity index (χ0) is 13.4. The monoisotopic (exact) mass is 249 g/mol. The van der Waals surface area contributed by atoms with E-state index in [4.69, 9.17) is 4.74 Å². The molecule has 1 heterocycles. The van der Waals surface area contributed by atoms with Crippen LogP contribution in [0.3, 0.4) is 0 Å². The minimum absolute atomic E-state index is 0.130. The minimum Gasteiger partial charge on any atom is -0.465 e. The molecule has 6 nitrogen and oxygen atoms in total. The van der Waals surface area contributed by atoms with Gasteiger partial charge in [0.05, 0.1) is 12.8 Å². The molecule has 0 saturated carbocycles. The lowest BCUT2D eigenvalue weighted by atomic mass is 10.3. The lowest BCUT2D eigenvalue weighted by molar-refractivity contribution is -0.143. The van der Waals surface area contributed by atoms with Gasteiger partial charge in [-0.05, 0) is 6.92 Å². The van der Waals surface area contributed by atoms with Crippen LogP contribution in [0.5, 0.6) is 0 Å². The molecule has 1 aromatic heterocycles. The molecule has 1 aromatic rings. The fourth-order valence-electron chi connectivity index (χ4n) is 1.31. The van der Waals surface area contributed by atoms with Crippen LogP contribution in [0.15, 0.2) is 31.2 Å². The molecule has 0 unspecified atom stereocenters. The second-order valence-electron chi connectivity index (χ2n) is 3.37. The SMILES string of the molecule is C=CCN(CC(=O)OCC)C(=O)c1cnccn1. The summed E-state index contributed by atoms with van der Waals surface area (Å²) in [7, 11) is 0. The van der Waals surface area contributed by atoms with Crippen LogP contribution in [0.25, 0.3) is 0 Å². The summed E-state index contributed by atoms with van der Waals surface area (Å²) in [5.74, 6) is -0.840. The van der Waals surface area contributed by atoms with Gasteiger partial charge < -0.3 is 9.64 Å². The van der Waals surface area contributed by atoms with Gasteiger partial charge in [-0.1, -0.05) is 6.08 Å². The summed E-state index contributed by atoms with van der Waals surface area (Å²) in [5, 5.41) is 0. The molecule has 0 aliphatic rings. The Morgan fingerprint density at radius 3 is 2.83 bits per heavy atom. The van der Waals surface area contributed by atoms with Crippen molar-refractivity contribution in [1.29, 1.82) is 0 Å². The van der Waals surface area contributed by atoms with Gasteiger partial charge in [-0.3, -0.25) is 14.6 Å². The molecule has 18 heavy (non-hydrogen) atoms. The third-order valence-electron chi connectivity index (χ3n) is 2.04. The molecule has 0 atom stereocenters. The van der Waals surface area contributed by atoms with E-state index in [0.29, 0.717) is 0 Å². The standard InChI is InChI=1S/C12H15N3O3/c1-3-7-15(9-11(16)18-4-2)12(17)10-8-13-5-6-14-10/h3,5-6,8H,1,4,7,9H2,2H3. The van der Waals surface area contributed by atoms with E-state index in [-0.39, 0.29) is 31.3 Å². The second kappa shape index (κ2) is 7.16. The molecular weight excluding hydrogens is 234 g/mol. The van der Waals surface area contributed by atoms with Gasteiger partial charge >= 0.3 is 5.97 Å². The fourth-order valence-corrected chi connectivity index (χ4v) is 1.31. The molecule has 0 spiro atoms. The first kappa shape index (κ1) is 13.8. The molecule has 96 valence electrons. The molecule has 0 saturated heterocycles. The summed E-state index contributed by atoms with van der Waals surface area (Å²) in [6, 6.07) is 0. The Morgan fingerprint density at radius 2 is 2.28 bits per heavy atom. The van der Waals surface area contributed by atoms with Gasteiger partial charge in [0.25, 0.3) is 5.91 Å². The van der Waals surface area contributed by atoms with Crippen molar-refractivity contribution in [3.8, 4) is 0 Å². The highest BCUT2D eigenvalue weighted by atomic mass is 16.5. The summed E-state index contributed by atoms with van der Waals surface area (Å²) >= 11 is 0. The zero-order valence-corrected chi connectivity index (χ0v) is 10.2. The number of hydrogen-bond donors (Lipinski definition) is 0. The molecule has 0 aromatic carbocycles. The molecule has 0 bridgehead atoms. The average molecular weight is 249 g/mol. The van der Waals surface area contributed by atoms with E-state index in [1.54, 1.807) is 6.92 Å². The molecule has 0 aliphatic heterocycles. The van der Waals surface area contributed by atoms with E-state index >= 15 is 0 Å². The Balaban J connectivity index is 2.75. The van der Waals surface area contributed by atoms with Gasteiger partial charge in [0.15, 0.2) is 0 Å². The molecule has 1 amide bonds. The van der Waals surface area contributed by atoms with Crippen LogP contribution in [0, 0.1) is 0 Å². The van der Waals surface area contributed by atoms with E-state index in [2.05, 4.69) is 16.5 Å². The van der Waals surface area contributed by atoms with Crippen LogP contribution in [0.4, 0.5) is 0 Å². The molecule has 6 heteroatoms. The van der Waals surface area contributed by atoms with Crippen molar-refractivity contribution in [2.24, 2.45) is 0 Å². The number of aromatic nitrogens is 2. The van der Waals surface area contributed by atoms with Crippen molar-refractivity contribution in [3.05, 3.63) is 36.9 Å². The maximum atomic E-state index is 12.0. The number of rotatable bonds is 6. The number of hydrogen-bond acceptors (Lipinski definition) is 5. The number of carbonyl (C=O) groups is 2. The quantitative estimate of drug-likeness (QED) is 0.547. The summed E-state index contributed by atoms with van der Waals surface area (Å²) in [6.07, 6.45) is 5.78. The Labute approximate surface area is 105 Å². The summed E-state index contributed by atoms with van der Waals surface area (Å²) in [5.41, 5.74) is 0.184. The normalized spacial score (nSPS) is 9.61. The van der Waals surface area contributed by atoms with E-state index in [9.17, 15) is 9.59 Å². The summed E-state index contributed by atoms with van der Waals surface area (Å²) < 4.78 is 4.80. The van der Waals surface area contributed by atoms with E-state index < -0.39 is 5.97 Å². The van der Waals surface area contributed by atoms with Crippen molar-refractivity contribution in [1.82, 2.24) is 14.9 Å². The minimum atomic E-state index is -0.461. The Morgan fingerprint density at radius 1 is 1.50 bits per heavy atom. The lowest BCUT2D eigenvalue weighted by Crippen LogP contribution is -2.37. The molecule has 0 N–H and O–H groups in total. The smallest absolute Gasteiger partial charge is 0.325 e. The maximum Gasteiger partial charge on any atom is 0.325 e. The van der Waals surface area contributed by atoms with Gasteiger partial charge in [-0.25, -0.2) is 4.98 Å². The van der Waals surface area contributed by atoms with Crippen molar-refractivity contribution in [2.45, 2.75) is 6.92 Å². The molecule has 0 radical (unpaired) electrons. The van der Waals surface area contributed by atoms with E-state index in [1.165, 1.54) is 29.6 Å². The predicted molar refractivity (Wildman–Crippen MR) is 64.8 cm³/mol.